The number of rotatable bonds is 15. The van der Waals surface area contributed by atoms with E-state index in [4.69, 9.17) is 14.9 Å². The lowest BCUT2D eigenvalue weighted by Gasteiger charge is -2.36. The number of hydrogen-bond donors (Lipinski definition) is 1. The molecule has 0 bridgehead atoms. The number of nitrogens with one attached hydrogen (secondary N) is 1. The number of aromatic nitrogens is 3. The third kappa shape index (κ3) is 7.84. The van der Waals surface area contributed by atoms with E-state index in [0.717, 1.165) is 65.6 Å². The molecule has 2 saturated carbocycles. The van der Waals surface area contributed by atoms with Gasteiger partial charge in [-0.15, -0.1) is 10.2 Å². The van der Waals surface area contributed by atoms with Crippen LogP contribution >= 0.6 is 0 Å². The molecule has 2 fully saturated rings. The van der Waals surface area contributed by atoms with Gasteiger partial charge in [-0.05, 0) is 86.9 Å². The molecule has 2 atom stereocenters. The van der Waals surface area contributed by atoms with Crippen LogP contribution in [0.15, 0.2) is 53.6 Å². The number of amides is 1. The first-order chi connectivity index (χ1) is 20.8. The molecule has 5 rings (SSSR count). The average Bonchev–Trinajstić information content (AvgIpc) is 3.72. The van der Waals surface area contributed by atoms with Gasteiger partial charge in [0.1, 0.15) is 11.6 Å². The van der Waals surface area contributed by atoms with Crippen molar-refractivity contribution in [3.63, 3.8) is 0 Å². The van der Waals surface area contributed by atoms with E-state index in [9.17, 15) is 10.3 Å². The quantitative estimate of drug-likeness (QED) is 0.0843. The Morgan fingerprint density at radius 2 is 1.91 bits per heavy atom. The molecule has 1 aromatic heterocycles. The zero-order valence-corrected chi connectivity index (χ0v) is 25.9. The van der Waals surface area contributed by atoms with Crippen LogP contribution < -0.4 is 5.32 Å². The van der Waals surface area contributed by atoms with Crippen molar-refractivity contribution in [2.75, 3.05) is 18.5 Å². The van der Waals surface area contributed by atoms with E-state index in [0.29, 0.717) is 37.5 Å². The first kappa shape index (κ1) is 30.8. The molecule has 9 heteroatoms. The van der Waals surface area contributed by atoms with Crippen LogP contribution in [0.5, 0.6) is 0 Å². The van der Waals surface area contributed by atoms with Gasteiger partial charge in [0, 0.05) is 41.6 Å². The molecule has 9 nitrogen and oxygen atoms in total. The van der Waals surface area contributed by atoms with Crippen molar-refractivity contribution in [2.24, 2.45) is 22.9 Å². The van der Waals surface area contributed by atoms with E-state index in [-0.39, 0.29) is 18.4 Å². The molecule has 0 saturated heterocycles. The predicted octanol–water partition coefficient (Wildman–Crippen LogP) is 8.03. The van der Waals surface area contributed by atoms with Gasteiger partial charge in [0.15, 0.2) is 0 Å². The minimum absolute atomic E-state index is 0.0311. The van der Waals surface area contributed by atoms with Crippen molar-refractivity contribution in [2.45, 2.75) is 90.7 Å². The second-order valence-corrected chi connectivity index (χ2v) is 12.9. The maximum atomic E-state index is 14.0. The Morgan fingerprint density at radius 3 is 2.58 bits per heavy atom. The summed E-state index contributed by atoms with van der Waals surface area (Å²) in [6.07, 6.45) is 6.27. The summed E-state index contributed by atoms with van der Waals surface area (Å²) in [6.45, 7) is 9.55. The van der Waals surface area contributed by atoms with Crippen molar-refractivity contribution < 1.29 is 9.53 Å². The summed E-state index contributed by atoms with van der Waals surface area (Å²) in [6, 6.07) is 16.4. The summed E-state index contributed by atoms with van der Waals surface area (Å²) < 4.78 is 8.46. The van der Waals surface area contributed by atoms with E-state index in [2.05, 4.69) is 33.8 Å². The lowest BCUT2D eigenvalue weighted by molar-refractivity contribution is -0.120. The number of hydrogen-bond acceptors (Lipinski definition) is 5. The Balaban J connectivity index is 1.42. The minimum atomic E-state index is -0.624. The molecule has 0 spiro atoms. The van der Waals surface area contributed by atoms with Gasteiger partial charge in [0.05, 0.1) is 12.5 Å². The van der Waals surface area contributed by atoms with Gasteiger partial charge in [-0.1, -0.05) is 67.0 Å². The number of ether oxygens (including phenoxy) is 1. The van der Waals surface area contributed by atoms with E-state index < -0.39 is 5.92 Å². The predicted molar refractivity (Wildman–Crippen MR) is 169 cm³/mol. The van der Waals surface area contributed by atoms with Crippen LogP contribution in [-0.4, -0.2) is 33.8 Å². The highest BCUT2D eigenvalue weighted by Gasteiger charge is 2.41. The lowest BCUT2D eigenvalue weighted by Crippen LogP contribution is -2.33. The molecule has 2 aliphatic rings. The Hall–Kier alpha value is -3.68. The molecule has 0 aliphatic heterocycles. The number of aryl methyl sites for hydroxylation is 2. The fraction of sp³-hybridized carbons (Fsp3) is 0.559. The molecule has 43 heavy (non-hydrogen) atoms. The van der Waals surface area contributed by atoms with E-state index >= 15 is 0 Å². The Labute approximate surface area is 255 Å². The molecule has 0 radical (unpaired) electrons. The monoisotopic (exact) mass is 583 g/mol. The lowest BCUT2D eigenvalue weighted by atomic mass is 9.71. The number of benzene rings is 2. The fourth-order valence-electron chi connectivity index (χ4n) is 6.54. The average molecular weight is 584 g/mol. The molecule has 1 amide bonds. The van der Waals surface area contributed by atoms with Crippen LogP contribution in [0.3, 0.4) is 0 Å². The van der Waals surface area contributed by atoms with Gasteiger partial charge >= 0.3 is 0 Å². The minimum Gasteiger partial charge on any atom is -0.377 e. The second-order valence-electron chi connectivity index (χ2n) is 12.9. The standard InChI is InChI=1S/C34H45N7O2/c1-22(2)16-26-18-27(19-26)32-38-39-33(41(32)28-11-12-28)29(14-15-43-21-25-8-6-5-7-9-25)30(20-36-40-35)34(42)37-31-13-10-23(3)17-24(31)4/h5-10,13,17,22,26-30H,11-12,14-16,18-21H2,1-4H3,(H,37,42). The Bertz CT molecular complexity index is 1420. The van der Waals surface area contributed by atoms with Crippen molar-refractivity contribution in [3.8, 4) is 0 Å². The molecule has 2 unspecified atom stereocenters. The van der Waals surface area contributed by atoms with E-state index in [1.807, 2.05) is 62.4 Å². The number of azide groups is 1. The van der Waals surface area contributed by atoms with Gasteiger partial charge in [-0.2, -0.15) is 0 Å². The number of carbonyl (C=O) groups excluding carboxylic acids is 1. The maximum Gasteiger partial charge on any atom is 0.228 e. The van der Waals surface area contributed by atoms with E-state index in [1.54, 1.807) is 0 Å². The summed E-state index contributed by atoms with van der Waals surface area (Å²) in [5.41, 5.74) is 13.3. The van der Waals surface area contributed by atoms with Crippen molar-refractivity contribution >= 4 is 11.6 Å². The summed E-state index contributed by atoms with van der Waals surface area (Å²) in [7, 11) is 0. The Morgan fingerprint density at radius 1 is 1.14 bits per heavy atom. The normalized spacial score (nSPS) is 19.4. The smallest absolute Gasteiger partial charge is 0.228 e. The molecule has 1 N–H and O–H groups in total. The van der Waals surface area contributed by atoms with Crippen LogP contribution in [0.2, 0.25) is 0 Å². The fourth-order valence-corrected chi connectivity index (χ4v) is 6.54. The molecule has 3 aromatic rings. The summed E-state index contributed by atoms with van der Waals surface area (Å²) in [5, 5.41) is 16.6. The Kier molecular flexibility index (Phi) is 10.2. The maximum absolute atomic E-state index is 14.0. The summed E-state index contributed by atoms with van der Waals surface area (Å²) in [4.78, 5) is 17.0. The highest BCUT2D eigenvalue weighted by molar-refractivity contribution is 5.94. The third-order valence-corrected chi connectivity index (χ3v) is 8.89. The van der Waals surface area contributed by atoms with Crippen molar-refractivity contribution in [3.05, 3.63) is 87.3 Å². The first-order valence-corrected chi connectivity index (χ1v) is 15.8. The molecular weight excluding hydrogens is 538 g/mol. The van der Waals surface area contributed by atoms with Crippen LogP contribution in [-0.2, 0) is 16.1 Å². The van der Waals surface area contributed by atoms with Gasteiger partial charge in [-0.25, -0.2) is 0 Å². The van der Waals surface area contributed by atoms with Crippen LogP contribution in [0.25, 0.3) is 10.4 Å². The highest BCUT2D eigenvalue weighted by atomic mass is 16.5. The SMILES string of the molecule is Cc1ccc(NC(=O)C(CN=[N+]=[N-])C(CCOCc2ccccc2)c2nnc(C3CC(CC(C)C)C3)n2C2CC2)c(C)c1. The molecule has 2 aromatic carbocycles. The van der Waals surface area contributed by atoms with Gasteiger partial charge in [0.25, 0.3) is 0 Å². The summed E-state index contributed by atoms with van der Waals surface area (Å²) >= 11 is 0. The van der Waals surface area contributed by atoms with Gasteiger partial charge in [0.2, 0.25) is 5.91 Å². The van der Waals surface area contributed by atoms with Gasteiger partial charge < -0.3 is 14.6 Å². The highest BCUT2D eigenvalue weighted by Crippen LogP contribution is 2.48. The first-order valence-electron chi connectivity index (χ1n) is 15.8. The van der Waals surface area contributed by atoms with Crippen LogP contribution in [0.4, 0.5) is 5.69 Å². The largest absolute Gasteiger partial charge is 0.377 e. The zero-order valence-electron chi connectivity index (χ0n) is 25.9. The zero-order chi connectivity index (χ0) is 30.3. The third-order valence-electron chi connectivity index (χ3n) is 8.89. The second kappa shape index (κ2) is 14.2. The number of carbonyl (C=O) groups is 1. The van der Waals surface area contributed by atoms with Crippen LogP contribution in [0, 0.1) is 31.6 Å². The number of nitrogens with zero attached hydrogens (tertiary/aromatic N) is 6. The molecular formula is C34H45N7O2. The van der Waals surface area contributed by atoms with Crippen LogP contribution in [0.1, 0.15) is 98.6 Å². The van der Waals surface area contributed by atoms with Gasteiger partial charge in [-0.3, -0.25) is 4.79 Å². The van der Waals surface area contributed by atoms with Crippen molar-refractivity contribution in [1.82, 2.24) is 14.8 Å². The number of anilines is 1. The molecule has 1 heterocycles. The topological polar surface area (TPSA) is 118 Å². The van der Waals surface area contributed by atoms with Crippen molar-refractivity contribution in [1.29, 1.82) is 0 Å². The molecule has 2 aliphatic carbocycles. The van der Waals surface area contributed by atoms with E-state index in [1.165, 1.54) is 6.42 Å². The summed E-state index contributed by atoms with van der Waals surface area (Å²) in [5.74, 6) is 2.59. The molecule has 228 valence electrons.